The molecule has 0 saturated carbocycles. The lowest BCUT2D eigenvalue weighted by molar-refractivity contribution is -0.384. The Morgan fingerprint density at radius 3 is 2.81 bits per heavy atom. The quantitative estimate of drug-likeness (QED) is 0.645. The SMILES string of the molecule is CCNc1cc(N(C)CC2CCCN2C)cc([N+](=O)[O-])c1. The van der Waals surface area contributed by atoms with Crippen LogP contribution in [0, 0.1) is 10.1 Å². The van der Waals surface area contributed by atoms with Crippen LogP contribution < -0.4 is 10.2 Å². The molecule has 1 aromatic carbocycles. The van der Waals surface area contributed by atoms with Gasteiger partial charge in [0, 0.05) is 49.7 Å². The van der Waals surface area contributed by atoms with E-state index in [1.54, 1.807) is 12.1 Å². The lowest BCUT2D eigenvalue weighted by atomic mass is 10.2. The second-order valence-electron chi connectivity index (χ2n) is 5.68. The van der Waals surface area contributed by atoms with Crippen LogP contribution >= 0.6 is 0 Å². The number of nitrogens with zero attached hydrogens (tertiary/aromatic N) is 3. The second kappa shape index (κ2) is 6.76. The third-order valence-corrected chi connectivity index (χ3v) is 4.09. The van der Waals surface area contributed by atoms with Crippen molar-refractivity contribution in [1.29, 1.82) is 0 Å². The molecule has 1 N–H and O–H groups in total. The molecule has 1 saturated heterocycles. The molecule has 1 atom stereocenters. The monoisotopic (exact) mass is 292 g/mol. The van der Waals surface area contributed by atoms with Gasteiger partial charge in [-0.25, -0.2) is 0 Å². The summed E-state index contributed by atoms with van der Waals surface area (Å²) in [6, 6.07) is 5.74. The topological polar surface area (TPSA) is 61.6 Å². The molecule has 0 aromatic heterocycles. The molecule has 1 aromatic rings. The minimum Gasteiger partial charge on any atom is -0.385 e. The van der Waals surface area contributed by atoms with Gasteiger partial charge >= 0.3 is 0 Å². The van der Waals surface area contributed by atoms with Gasteiger partial charge in [-0.2, -0.15) is 0 Å². The predicted octanol–water partition coefficient (Wildman–Crippen LogP) is 2.56. The average molecular weight is 292 g/mol. The van der Waals surface area contributed by atoms with Crippen LogP contribution in [0.3, 0.4) is 0 Å². The standard InChI is InChI=1S/C15H24N4O2/c1-4-16-12-8-14(10-15(9-12)19(20)21)18(3)11-13-6-5-7-17(13)2/h8-10,13,16H,4-7,11H2,1-3H3. The molecule has 0 spiro atoms. The van der Waals surface area contributed by atoms with Crippen LogP contribution in [0.5, 0.6) is 0 Å². The first-order valence-electron chi connectivity index (χ1n) is 7.46. The number of likely N-dealkylation sites (tertiary alicyclic amines) is 1. The van der Waals surface area contributed by atoms with Crippen molar-refractivity contribution in [3.8, 4) is 0 Å². The van der Waals surface area contributed by atoms with E-state index in [0.29, 0.717) is 6.04 Å². The summed E-state index contributed by atoms with van der Waals surface area (Å²) in [4.78, 5) is 15.2. The Labute approximate surface area is 125 Å². The molecular formula is C15H24N4O2. The lowest BCUT2D eigenvalue weighted by Gasteiger charge is -2.27. The van der Waals surface area contributed by atoms with E-state index in [0.717, 1.165) is 31.0 Å². The van der Waals surface area contributed by atoms with Gasteiger partial charge in [0.25, 0.3) is 5.69 Å². The number of nitro benzene ring substituents is 1. The van der Waals surface area contributed by atoms with Gasteiger partial charge in [-0.1, -0.05) is 0 Å². The van der Waals surface area contributed by atoms with E-state index in [-0.39, 0.29) is 10.6 Å². The minimum atomic E-state index is -0.333. The number of nitrogens with one attached hydrogen (secondary N) is 1. The van der Waals surface area contributed by atoms with Gasteiger partial charge in [0.05, 0.1) is 4.92 Å². The fourth-order valence-electron chi connectivity index (χ4n) is 2.86. The number of benzene rings is 1. The predicted molar refractivity (Wildman–Crippen MR) is 86.2 cm³/mol. The highest BCUT2D eigenvalue weighted by atomic mass is 16.6. The highest BCUT2D eigenvalue weighted by Gasteiger charge is 2.23. The number of hydrogen-bond acceptors (Lipinski definition) is 5. The van der Waals surface area contributed by atoms with Crippen molar-refractivity contribution in [3.05, 3.63) is 28.3 Å². The van der Waals surface area contributed by atoms with Gasteiger partial charge in [-0.05, 0) is 39.4 Å². The number of anilines is 2. The molecule has 0 radical (unpaired) electrons. The Bertz CT molecular complexity index is 506. The van der Waals surface area contributed by atoms with E-state index < -0.39 is 0 Å². The number of nitro groups is 1. The maximum absolute atomic E-state index is 11.1. The molecule has 1 unspecified atom stereocenters. The molecule has 0 aliphatic carbocycles. The van der Waals surface area contributed by atoms with Crippen molar-refractivity contribution in [2.24, 2.45) is 0 Å². The third kappa shape index (κ3) is 3.85. The van der Waals surface area contributed by atoms with Crippen LogP contribution in [0.2, 0.25) is 0 Å². The smallest absolute Gasteiger partial charge is 0.273 e. The fourth-order valence-corrected chi connectivity index (χ4v) is 2.86. The Kier molecular flexibility index (Phi) is 5.01. The molecule has 0 amide bonds. The first-order chi connectivity index (χ1) is 10.0. The fraction of sp³-hybridized carbons (Fsp3) is 0.600. The van der Waals surface area contributed by atoms with Crippen LogP contribution in [-0.2, 0) is 0 Å². The molecule has 0 bridgehead atoms. The summed E-state index contributed by atoms with van der Waals surface area (Å²) in [5.74, 6) is 0. The Morgan fingerprint density at radius 2 is 2.24 bits per heavy atom. The van der Waals surface area contributed by atoms with Gasteiger partial charge in [-0.15, -0.1) is 0 Å². The third-order valence-electron chi connectivity index (χ3n) is 4.09. The summed E-state index contributed by atoms with van der Waals surface area (Å²) in [5, 5.41) is 14.2. The van der Waals surface area contributed by atoms with Crippen molar-refractivity contribution < 1.29 is 4.92 Å². The van der Waals surface area contributed by atoms with E-state index in [1.807, 2.05) is 20.0 Å². The summed E-state index contributed by atoms with van der Waals surface area (Å²) in [6.07, 6.45) is 2.42. The van der Waals surface area contributed by atoms with Crippen LogP contribution in [0.1, 0.15) is 19.8 Å². The lowest BCUT2D eigenvalue weighted by Crippen LogP contribution is -2.36. The molecule has 116 valence electrons. The van der Waals surface area contributed by atoms with Gasteiger partial charge in [0.1, 0.15) is 0 Å². The maximum Gasteiger partial charge on any atom is 0.273 e. The van der Waals surface area contributed by atoms with E-state index >= 15 is 0 Å². The molecule has 1 aliphatic rings. The molecule has 1 aliphatic heterocycles. The molecule has 2 rings (SSSR count). The maximum atomic E-state index is 11.1. The van der Waals surface area contributed by atoms with Crippen molar-refractivity contribution in [2.75, 3.05) is 43.9 Å². The summed E-state index contributed by atoms with van der Waals surface area (Å²) >= 11 is 0. The zero-order chi connectivity index (χ0) is 15.4. The molecule has 6 nitrogen and oxygen atoms in total. The van der Waals surface area contributed by atoms with Crippen LogP contribution in [0.25, 0.3) is 0 Å². The van der Waals surface area contributed by atoms with E-state index in [4.69, 9.17) is 0 Å². The largest absolute Gasteiger partial charge is 0.385 e. The Hall–Kier alpha value is -1.82. The van der Waals surface area contributed by atoms with Crippen molar-refractivity contribution in [2.45, 2.75) is 25.8 Å². The number of rotatable bonds is 6. The normalized spacial score (nSPS) is 18.7. The number of non-ortho nitro benzene ring substituents is 1. The molecule has 21 heavy (non-hydrogen) atoms. The van der Waals surface area contributed by atoms with Gasteiger partial charge in [0.2, 0.25) is 0 Å². The second-order valence-corrected chi connectivity index (χ2v) is 5.68. The van der Waals surface area contributed by atoms with Crippen molar-refractivity contribution in [3.63, 3.8) is 0 Å². The van der Waals surface area contributed by atoms with E-state index in [2.05, 4.69) is 22.2 Å². The van der Waals surface area contributed by atoms with Crippen molar-refractivity contribution >= 4 is 17.1 Å². The Balaban J connectivity index is 2.18. The highest BCUT2D eigenvalue weighted by Crippen LogP contribution is 2.27. The zero-order valence-corrected chi connectivity index (χ0v) is 13.0. The number of hydrogen-bond donors (Lipinski definition) is 1. The summed E-state index contributed by atoms with van der Waals surface area (Å²) < 4.78 is 0. The minimum absolute atomic E-state index is 0.134. The highest BCUT2D eigenvalue weighted by molar-refractivity contribution is 5.64. The van der Waals surface area contributed by atoms with Crippen molar-refractivity contribution in [1.82, 2.24) is 4.90 Å². The molecule has 1 heterocycles. The first-order valence-corrected chi connectivity index (χ1v) is 7.46. The zero-order valence-electron chi connectivity index (χ0n) is 13.0. The van der Waals surface area contributed by atoms with Crippen LogP contribution in [-0.4, -0.2) is 49.6 Å². The Morgan fingerprint density at radius 1 is 1.48 bits per heavy atom. The average Bonchev–Trinajstić information content (AvgIpc) is 2.84. The van der Waals surface area contributed by atoms with Gasteiger partial charge < -0.3 is 15.1 Å². The van der Waals surface area contributed by atoms with Gasteiger partial charge in [0.15, 0.2) is 0 Å². The molecule has 1 fully saturated rings. The molecular weight excluding hydrogens is 268 g/mol. The first kappa shape index (κ1) is 15.6. The number of likely N-dealkylation sites (N-methyl/N-ethyl adjacent to an activating group) is 2. The van der Waals surface area contributed by atoms with Crippen LogP contribution in [0.4, 0.5) is 17.1 Å². The van der Waals surface area contributed by atoms with E-state index in [9.17, 15) is 10.1 Å². The van der Waals surface area contributed by atoms with Gasteiger partial charge in [-0.3, -0.25) is 10.1 Å². The summed E-state index contributed by atoms with van der Waals surface area (Å²) in [5.41, 5.74) is 1.82. The van der Waals surface area contributed by atoms with E-state index in [1.165, 1.54) is 12.8 Å². The van der Waals surface area contributed by atoms with Crippen LogP contribution in [0.15, 0.2) is 18.2 Å². The summed E-state index contributed by atoms with van der Waals surface area (Å²) in [6.45, 7) is 4.75. The summed E-state index contributed by atoms with van der Waals surface area (Å²) in [7, 11) is 4.14. The molecule has 6 heteroatoms.